The normalized spacial score (nSPS) is 10.2. The molecule has 3 N–H and O–H groups in total. The van der Waals surface area contributed by atoms with Crippen molar-refractivity contribution in [1.29, 1.82) is 0 Å². The third-order valence-corrected chi connectivity index (χ3v) is 2.46. The summed E-state index contributed by atoms with van der Waals surface area (Å²) < 4.78 is 0. The second-order valence-electron chi connectivity index (χ2n) is 3.65. The zero-order chi connectivity index (χ0) is 12.1. The topological polar surface area (TPSA) is 66.6 Å². The molecule has 0 saturated carbocycles. The molecule has 1 amide bonds. The molecule has 0 radical (unpaired) electrons. The number of anilines is 1. The Hall–Kier alpha value is -1.55. The number of phenols is 1. The first-order valence-corrected chi connectivity index (χ1v) is 5.40. The van der Waals surface area contributed by atoms with Crippen molar-refractivity contribution in [3.63, 3.8) is 0 Å². The summed E-state index contributed by atoms with van der Waals surface area (Å²) in [5.41, 5.74) is 7.08. The van der Waals surface area contributed by atoms with Crippen LogP contribution in [0.4, 0.5) is 5.69 Å². The van der Waals surface area contributed by atoms with Gasteiger partial charge in [-0.25, -0.2) is 0 Å². The average molecular weight is 222 g/mol. The molecule has 0 aromatic heterocycles. The number of aryl methyl sites for hydroxylation is 1. The molecule has 1 aromatic rings. The first-order chi connectivity index (χ1) is 7.60. The van der Waals surface area contributed by atoms with Gasteiger partial charge in [0.15, 0.2) is 0 Å². The van der Waals surface area contributed by atoms with Crippen molar-refractivity contribution in [3.05, 3.63) is 23.8 Å². The van der Waals surface area contributed by atoms with E-state index in [1.54, 1.807) is 23.1 Å². The minimum atomic E-state index is -0.0151. The first-order valence-electron chi connectivity index (χ1n) is 5.40. The van der Waals surface area contributed by atoms with Crippen molar-refractivity contribution >= 4 is 11.6 Å². The van der Waals surface area contributed by atoms with E-state index < -0.39 is 0 Å². The Morgan fingerprint density at radius 2 is 2.19 bits per heavy atom. The minimum absolute atomic E-state index is 0.0151. The molecular weight excluding hydrogens is 204 g/mol. The van der Waals surface area contributed by atoms with Crippen LogP contribution in [0.1, 0.15) is 18.9 Å². The third-order valence-electron chi connectivity index (χ3n) is 2.46. The number of nitrogens with zero attached hydrogens (tertiary/aromatic N) is 1. The third kappa shape index (κ3) is 2.73. The van der Waals surface area contributed by atoms with Crippen molar-refractivity contribution in [2.75, 3.05) is 18.0 Å². The number of phenolic OH excluding ortho intramolecular Hbond substituents is 1. The van der Waals surface area contributed by atoms with Crippen molar-refractivity contribution in [1.82, 2.24) is 0 Å². The van der Waals surface area contributed by atoms with E-state index in [1.807, 2.05) is 13.8 Å². The zero-order valence-electron chi connectivity index (χ0n) is 9.73. The highest BCUT2D eigenvalue weighted by molar-refractivity contribution is 5.94. The summed E-state index contributed by atoms with van der Waals surface area (Å²) in [6.45, 7) is 4.72. The monoisotopic (exact) mass is 222 g/mol. The van der Waals surface area contributed by atoms with Gasteiger partial charge in [0, 0.05) is 25.6 Å². The van der Waals surface area contributed by atoms with Gasteiger partial charge in [-0.1, -0.05) is 6.07 Å². The van der Waals surface area contributed by atoms with Gasteiger partial charge in [0.1, 0.15) is 5.75 Å². The average Bonchev–Trinajstić information content (AvgIpc) is 2.24. The highest BCUT2D eigenvalue weighted by atomic mass is 16.3. The minimum Gasteiger partial charge on any atom is -0.508 e. The van der Waals surface area contributed by atoms with Gasteiger partial charge >= 0.3 is 0 Å². The van der Waals surface area contributed by atoms with Crippen LogP contribution in [0.2, 0.25) is 0 Å². The summed E-state index contributed by atoms with van der Waals surface area (Å²) >= 11 is 0. The van der Waals surface area contributed by atoms with Gasteiger partial charge in [0.2, 0.25) is 5.91 Å². The Morgan fingerprint density at radius 1 is 1.50 bits per heavy atom. The Balaban J connectivity index is 3.03. The Bertz CT molecular complexity index is 377. The number of amides is 1. The van der Waals surface area contributed by atoms with Crippen LogP contribution in [-0.2, 0) is 4.79 Å². The standard InChI is InChI=1S/C12H18N2O2/c1-3-14(12(16)6-7-13)11-8-10(15)5-4-9(11)2/h4-5,8,15H,3,6-7,13H2,1-2H3. The van der Waals surface area contributed by atoms with Gasteiger partial charge in [-0.05, 0) is 25.5 Å². The lowest BCUT2D eigenvalue weighted by molar-refractivity contribution is -0.118. The predicted molar refractivity (Wildman–Crippen MR) is 64.5 cm³/mol. The van der Waals surface area contributed by atoms with Crippen molar-refractivity contribution < 1.29 is 9.90 Å². The van der Waals surface area contributed by atoms with Crippen LogP contribution in [-0.4, -0.2) is 24.1 Å². The number of benzene rings is 1. The molecule has 1 aromatic carbocycles. The number of hydrogen-bond donors (Lipinski definition) is 2. The number of carbonyl (C=O) groups excluding carboxylic acids is 1. The van der Waals surface area contributed by atoms with Crippen LogP contribution in [0.15, 0.2) is 18.2 Å². The second-order valence-corrected chi connectivity index (χ2v) is 3.65. The summed E-state index contributed by atoms with van der Waals surface area (Å²) in [6.07, 6.45) is 0.322. The highest BCUT2D eigenvalue weighted by Gasteiger charge is 2.15. The summed E-state index contributed by atoms with van der Waals surface area (Å²) in [5, 5.41) is 9.43. The molecule has 4 heteroatoms. The first kappa shape index (κ1) is 12.5. The number of nitrogens with two attached hydrogens (primary N) is 1. The van der Waals surface area contributed by atoms with Gasteiger partial charge in [-0.2, -0.15) is 0 Å². The van der Waals surface area contributed by atoms with Crippen LogP contribution in [0.5, 0.6) is 5.75 Å². The largest absolute Gasteiger partial charge is 0.508 e. The van der Waals surface area contributed by atoms with E-state index >= 15 is 0 Å². The maximum atomic E-state index is 11.8. The fourth-order valence-electron chi connectivity index (χ4n) is 1.63. The molecule has 0 aliphatic carbocycles. The van der Waals surface area contributed by atoms with E-state index in [9.17, 15) is 9.90 Å². The molecule has 0 bridgehead atoms. The van der Waals surface area contributed by atoms with E-state index in [2.05, 4.69) is 0 Å². The molecule has 0 spiro atoms. The zero-order valence-corrected chi connectivity index (χ0v) is 9.73. The van der Waals surface area contributed by atoms with E-state index in [4.69, 9.17) is 5.73 Å². The van der Waals surface area contributed by atoms with Crippen molar-refractivity contribution in [3.8, 4) is 5.75 Å². The van der Waals surface area contributed by atoms with Gasteiger partial charge in [-0.3, -0.25) is 4.79 Å². The number of hydrogen-bond acceptors (Lipinski definition) is 3. The fraction of sp³-hybridized carbons (Fsp3) is 0.417. The van der Waals surface area contributed by atoms with Crippen LogP contribution in [0.25, 0.3) is 0 Å². The molecule has 0 fully saturated rings. The molecule has 0 atom stereocenters. The van der Waals surface area contributed by atoms with Crippen molar-refractivity contribution in [2.24, 2.45) is 5.73 Å². The predicted octanol–water partition coefficient (Wildman–Crippen LogP) is 1.40. The van der Waals surface area contributed by atoms with Gasteiger partial charge < -0.3 is 15.7 Å². The van der Waals surface area contributed by atoms with Crippen LogP contribution in [0.3, 0.4) is 0 Å². The lowest BCUT2D eigenvalue weighted by Gasteiger charge is -2.23. The second kappa shape index (κ2) is 5.51. The molecule has 0 aliphatic rings. The lowest BCUT2D eigenvalue weighted by atomic mass is 10.1. The number of rotatable bonds is 4. The molecule has 0 unspecified atom stereocenters. The maximum Gasteiger partial charge on any atom is 0.228 e. The summed E-state index contributed by atoms with van der Waals surface area (Å²) in [5.74, 6) is 0.151. The smallest absolute Gasteiger partial charge is 0.228 e. The van der Waals surface area contributed by atoms with Crippen molar-refractivity contribution in [2.45, 2.75) is 20.3 Å². The molecule has 0 aliphatic heterocycles. The lowest BCUT2D eigenvalue weighted by Crippen LogP contribution is -2.32. The van der Waals surface area contributed by atoms with E-state index in [-0.39, 0.29) is 11.7 Å². The van der Waals surface area contributed by atoms with E-state index in [0.717, 1.165) is 11.3 Å². The number of carbonyl (C=O) groups is 1. The molecule has 16 heavy (non-hydrogen) atoms. The maximum absolute atomic E-state index is 11.8. The fourth-order valence-corrected chi connectivity index (χ4v) is 1.63. The van der Waals surface area contributed by atoms with Gasteiger partial charge in [-0.15, -0.1) is 0 Å². The molecule has 0 saturated heterocycles. The molecule has 0 heterocycles. The van der Waals surface area contributed by atoms with E-state index in [0.29, 0.717) is 19.5 Å². The quantitative estimate of drug-likeness (QED) is 0.809. The summed E-state index contributed by atoms with van der Waals surface area (Å²) in [4.78, 5) is 13.4. The number of aromatic hydroxyl groups is 1. The van der Waals surface area contributed by atoms with Gasteiger partial charge in [0.25, 0.3) is 0 Å². The summed E-state index contributed by atoms with van der Waals surface area (Å²) in [7, 11) is 0. The van der Waals surface area contributed by atoms with Gasteiger partial charge in [0.05, 0.1) is 5.69 Å². The molecular formula is C12H18N2O2. The molecule has 4 nitrogen and oxygen atoms in total. The Kier molecular flexibility index (Phi) is 4.31. The Morgan fingerprint density at radius 3 is 2.75 bits per heavy atom. The van der Waals surface area contributed by atoms with Crippen LogP contribution < -0.4 is 10.6 Å². The highest BCUT2D eigenvalue weighted by Crippen LogP contribution is 2.25. The van der Waals surface area contributed by atoms with E-state index in [1.165, 1.54) is 0 Å². The molecule has 88 valence electrons. The SMILES string of the molecule is CCN(C(=O)CCN)c1cc(O)ccc1C. The summed E-state index contributed by atoms with van der Waals surface area (Å²) in [6, 6.07) is 5.01. The van der Waals surface area contributed by atoms with Crippen LogP contribution in [0, 0.1) is 6.92 Å². The Labute approximate surface area is 95.7 Å². The van der Waals surface area contributed by atoms with Crippen LogP contribution >= 0.6 is 0 Å². The molecule has 1 rings (SSSR count).